The van der Waals surface area contributed by atoms with Crippen LogP contribution in [0.25, 0.3) is 83.1 Å². The van der Waals surface area contributed by atoms with E-state index in [4.69, 9.17) is 0 Å². The SMILES string of the molecule is Bc1c(B)c(N(c2ccc(-c3ccccc3)cc2)c2cccc(-c3cccc(-c4cccc5c4c4ccccc4n5-c4ccccc4)c3)c2)c(B)c(B)c1-c1ccc(-c2ccccc2)cc1. The molecule has 66 heavy (non-hydrogen) atoms. The first-order chi connectivity index (χ1) is 32.4. The minimum absolute atomic E-state index is 1.11. The van der Waals surface area contributed by atoms with Crippen LogP contribution in [0.4, 0.5) is 17.1 Å². The van der Waals surface area contributed by atoms with Crippen LogP contribution in [0.5, 0.6) is 0 Å². The van der Waals surface area contributed by atoms with Crippen LogP contribution in [-0.2, 0) is 0 Å². The highest BCUT2D eigenvalue weighted by molar-refractivity contribution is 6.63. The van der Waals surface area contributed by atoms with E-state index in [0.717, 1.165) is 22.6 Å². The lowest BCUT2D eigenvalue weighted by atomic mass is 9.64. The van der Waals surface area contributed by atoms with Crippen molar-refractivity contribution in [1.82, 2.24) is 4.57 Å². The molecular weight excluding hydrogens is 792 g/mol. The van der Waals surface area contributed by atoms with Gasteiger partial charge in [-0.05, 0) is 110 Å². The third-order valence-corrected chi connectivity index (χ3v) is 13.6. The fourth-order valence-electron chi connectivity index (χ4n) is 10.2. The standard InChI is InChI=1S/C60H46B4N2/c61-56-54(43-31-29-41(30-32-43)39-15-4-1-5-16-39)57(62)59(64)60(58(56)63)65(48-35-33-42(34-36-48)40-17-6-2-7-18-40)49-24-13-20-45(38-49)44-19-12-21-46(37-44)50-26-14-28-53-55(50)51-25-10-11-27-52(51)66(53)47-22-8-3-9-23-47/h1-38H,61-64H2. The van der Waals surface area contributed by atoms with Gasteiger partial charge in [-0.1, -0.05) is 198 Å². The fraction of sp³-hybridized carbons (Fsp3) is 0. The molecule has 0 aliphatic heterocycles. The molecule has 11 aromatic rings. The summed E-state index contributed by atoms with van der Waals surface area (Å²) in [6, 6.07) is 83.8. The molecule has 1 aromatic heterocycles. The second-order valence-corrected chi connectivity index (χ2v) is 17.4. The molecule has 308 valence electrons. The van der Waals surface area contributed by atoms with Crippen LogP contribution >= 0.6 is 0 Å². The van der Waals surface area contributed by atoms with Crippen molar-refractivity contribution < 1.29 is 0 Å². The molecule has 0 fully saturated rings. The number of aromatic nitrogens is 1. The van der Waals surface area contributed by atoms with Gasteiger partial charge in [-0.15, -0.1) is 0 Å². The van der Waals surface area contributed by atoms with E-state index in [-0.39, 0.29) is 0 Å². The summed E-state index contributed by atoms with van der Waals surface area (Å²) >= 11 is 0. The molecule has 0 aliphatic carbocycles. The predicted molar refractivity (Wildman–Crippen MR) is 295 cm³/mol. The number of rotatable bonds is 9. The third-order valence-electron chi connectivity index (χ3n) is 13.6. The molecule has 0 saturated heterocycles. The number of benzene rings is 10. The van der Waals surface area contributed by atoms with Gasteiger partial charge in [-0.2, -0.15) is 0 Å². The van der Waals surface area contributed by atoms with Crippen molar-refractivity contribution >= 4 is 92.1 Å². The minimum atomic E-state index is 1.11. The van der Waals surface area contributed by atoms with Gasteiger partial charge in [0.15, 0.2) is 0 Å². The Kier molecular flexibility index (Phi) is 10.6. The lowest BCUT2D eigenvalue weighted by Crippen LogP contribution is -2.46. The van der Waals surface area contributed by atoms with E-state index in [0.29, 0.717) is 0 Å². The van der Waals surface area contributed by atoms with Crippen LogP contribution < -0.4 is 26.8 Å². The molecule has 2 nitrogen and oxygen atoms in total. The van der Waals surface area contributed by atoms with E-state index in [2.05, 4.69) is 271 Å². The summed E-state index contributed by atoms with van der Waals surface area (Å²) < 4.78 is 2.39. The molecule has 0 unspecified atom stereocenters. The van der Waals surface area contributed by atoms with Crippen LogP contribution in [0.2, 0.25) is 0 Å². The highest BCUT2D eigenvalue weighted by Gasteiger charge is 2.23. The maximum atomic E-state index is 2.48. The summed E-state index contributed by atoms with van der Waals surface area (Å²) in [5.41, 5.74) is 24.3. The highest BCUT2D eigenvalue weighted by Crippen LogP contribution is 2.41. The van der Waals surface area contributed by atoms with Crippen molar-refractivity contribution in [2.24, 2.45) is 0 Å². The van der Waals surface area contributed by atoms with Crippen LogP contribution in [0.3, 0.4) is 0 Å². The largest absolute Gasteiger partial charge is 0.312 e. The molecule has 11 rings (SSSR count). The van der Waals surface area contributed by atoms with Crippen LogP contribution in [-0.4, -0.2) is 36.0 Å². The molecule has 1 heterocycles. The Hall–Kier alpha value is -7.94. The molecular formula is C60H46B4N2. The van der Waals surface area contributed by atoms with Crippen LogP contribution in [0.1, 0.15) is 0 Å². The summed E-state index contributed by atoms with van der Waals surface area (Å²) in [6.45, 7) is 0. The second-order valence-electron chi connectivity index (χ2n) is 17.4. The Labute approximate surface area is 391 Å². The quantitative estimate of drug-likeness (QED) is 0.132. The summed E-state index contributed by atoms with van der Waals surface area (Å²) in [5.74, 6) is 0. The first-order valence-electron chi connectivity index (χ1n) is 22.9. The highest BCUT2D eigenvalue weighted by atomic mass is 15.1. The van der Waals surface area contributed by atoms with Crippen molar-refractivity contribution in [3.63, 3.8) is 0 Å². The second kappa shape index (κ2) is 17.2. The Balaban J connectivity index is 1.03. The number of hydrogen-bond donors (Lipinski definition) is 0. The summed E-state index contributed by atoms with van der Waals surface area (Å²) in [5, 5.41) is 2.51. The van der Waals surface area contributed by atoms with Gasteiger partial charge in [0.25, 0.3) is 0 Å². The normalized spacial score (nSPS) is 11.3. The van der Waals surface area contributed by atoms with Gasteiger partial charge in [0, 0.05) is 33.5 Å². The Bertz CT molecular complexity index is 3520. The van der Waals surface area contributed by atoms with Crippen molar-refractivity contribution in [2.45, 2.75) is 0 Å². The van der Waals surface area contributed by atoms with Crippen molar-refractivity contribution in [1.29, 1.82) is 0 Å². The topological polar surface area (TPSA) is 8.17 Å². The van der Waals surface area contributed by atoms with E-state index in [1.807, 2.05) is 0 Å². The fourth-order valence-corrected chi connectivity index (χ4v) is 10.2. The average Bonchev–Trinajstić information content (AvgIpc) is 3.73. The molecule has 0 saturated carbocycles. The van der Waals surface area contributed by atoms with Crippen LogP contribution in [0.15, 0.2) is 231 Å². The first-order valence-corrected chi connectivity index (χ1v) is 22.9. The van der Waals surface area contributed by atoms with E-state index in [9.17, 15) is 0 Å². The van der Waals surface area contributed by atoms with Gasteiger partial charge in [-0.3, -0.25) is 0 Å². The number of hydrogen-bond acceptors (Lipinski definition) is 1. The lowest BCUT2D eigenvalue weighted by Gasteiger charge is -2.33. The third kappa shape index (κ3) is 7.25. The number of fused-ring (bicyclic) bond motifs is 3. The van der Waals surface area contributed by atoms with Crippen molar-refractivity contribution in [3.05, 3.63) is 231 Å². The maximum absolute atomic E-state index is 2.48. The van der Waals surface area contributed by atoms with E-state index < -0.39 is 0 Å². The lowest BCUT2D eigenvalue weighted by molar-refractivity contribution is 1.18. The monoisotopic (exact) mass is 838 g/mol. The van der Waals surface area contributed by atoms with E-state index >= 15 is 0 Å². The minimum Gasteiger partial charge on any atom is -0.312 e. The zero-order chi connectivity index (χ0) is 44.7. The zero-order valence-electron chi connectivity index (χ0n) is 37.8. The van der Waals surface area contributed by atoms with Gasteiger partial charge in [0.1, 0.15) is 31.4 Å². The van der Waals surface area contributed by atoms with Crippen molar-refractivity contribution in [3.8, 4) is 61.3 Å². The van der Waals surface area contributed by atoms with Gasteiger partial charge >= 0.3 is 0 Å². The average molecular weight is 838 g/mol. The Morgan fingerprint density at radius 2 is 0.788 bits per heavy atom. The molecule has 0 amide bonds. The first kappa shape index (κ1) is 40.8. The number of para-hydroxylation sites is 2. The van der Waals surface area contributed by atoms with E-state index in [1.54, 1.807) is 0 Å². The molecule has 0 atom stereocenters. The number of anilines is 3. The number of nitrogens with zero attached hydrogens (tertiary/aromatic N) is 2. The maximum Gasteiger partial charge on any atom is 0.141 e. The van der Waals surface area contributed by atoms with E-state index in [1.165, 1.54) is 99.4 Å². The molecule has 0 aliphatic rings. The molecule has 0 N–H and O–H groups in total. The molecule has 10 aromatic carbocycles. The summed E-state index contributed by atoms with van der Waals surface area (Å²) in [6.07, 6.45) is 0. The molecule has 0 bridgehead atoms. The Morgan fingerprint density at radius 1 is 0.318 bits per heavy atom. The van der Waals surface area contributed by atoms with Gasteiger partial charge in [0.05, 0.1) is 11.0 Å². The molecule has 0 radical (unpaired) electrons. The molecule has 6 heteroatoms. The summed E-state index contributed by atoms with van der Waals surface area (Å²) in [7, 11) is 9.18. The van der Waals surface area contributed by atoms with Gasteiger partial charge in [-0.25, -0.2) is 0 Å². The predicted octanol–water partition coefficient (Wildman–Crippen LogP) is 9.62. The van der Waals surface area contributed by atoms with Gasteiger partial charge in [0.2, 0.25) is 0 Å². The van der Waals surface area contributed by atoms with Gasteiger partial charge < -0.3 is 9.47 Å². The zero-order valence-corrected chi connectivity index (χ0v) is 37.8. The smallest absolute Gasteiger partial charge is 0.141 e. The van der Waals surface area contributed by atoms with Crippen LogP contribution in [0, 0.1) is 0 Å². The Morgan fingerprint density at radius 3 is 1.44 bits per heavy atom. The molecule has 0 spiro atoms. The summed E-state index contributed by atoms with van der Waals surface area (Å²) in [4.78, 5) is 2.48. The van der Waals surface area contributed by atoms with Crippen molar-refractivity contribution in [2.75, 3.05) is 4.90 Å².